The first kappa shape index (κ1) is 38.2. The Bertz CT molecular complexity index is 2080. The highest BCUT2D eigenvalue weighted by Gasteiger charge is 2.45. The van der Waals surface area contributed by atoms with Gasteiger partial charge in [-0.3, -0.25) is 4.79 Å². The van der Waals surface area contributed by atoms with E-state index >= 15 is 0 Å². The Hall–Kier alpha value is -5.07. The Morgan fingerprint density at radius 3 is 2.18 bits per heavy atom. The number of nitrogens with zero attached hydrogens (tertiary/aromatic N) is 4. The van der Waals surface area contributed by atoms with E-state index in [1.54, 1.807) is 4.68 Å². The van der Waals surface area contributed by atoms with Crippen LogP contribution in [0.4, 0.5) is 0 Å². The van der Waals surface area contributed by atoms with Crippen LogP contribution in [0.1, 0.15) is 122 Å². The number of aromatic carboxylic acids is 1. The molecule has 12 nitrogen and oxygen atoms in total. The second-order valence-corrected chi connectivity index (χ2v) is 15.3. The van der Waals surface area contributed by atoms with Crippen molar-refractivity contribution in [3.8, 4) is 22.8 Å². The Balaban J connectivity index is 0.000000518. The summed E-state index contributed by atoms with van der Waals surface area (Å²) >= 11 is 0. The molecule has 0 bridgehead atoms. The Morgan fingerprint density at radius 1 is 0.873 bits per heavy atom. The van der Waals surface area contributed by atoms with Crippen molar-refractivity contribution in [2.24, 2.45) is 0 Å². The molecule has 2 aromatic heterocycles. The van der Waals surface area contributed by atoms with Gasteiger partial charge >= 0.3 is 11.9 Å². The van der Waals surface area contributed by atoms with Gasteiger partial charge in [-0.15, -0.1) is 0 Å². The van der Waals surface area contributed by atoms with E-state index in [0.717, 1.165) is 67.5 Å². The van der Waals surface area contributed by atoms with Crippen LogP contribution in [0.5, 0.6) is 5.75 Å². The number of aromatic nitrogens is 3. The number of piperidine rings is 1. The summed E-state index contributed by atoms with van der Waals surface area (Å²) in [7, 11) is 0. The molecule has 4 N–H and O–H groups in total. The fraction of sp³-hybridized carbons (Fsp3) is 0.465. The number of hydrogen-bond acceptors (Lipinski definition) is 8. The number of likely N-dealkylation sites (tertiary alicyclic amines) is 1. The standard InChI is InChI=1S/C38H42N4O5.C5H8O3/c1-3-24-22-27(13-14-28(24)25-16-20-41(21-17-25)37(45)38(46)18-7-19-38)47-33-15-12-26-8-5-9-29(35(26)33)31-10-6-11-34(40-31)42-32(4-2)30(23-39-42)36(43)44;6-4(7)5(8)2-1-3-5/h5-6,8-11,13-14,22-23,25,33,46H,3-4,7,12,15-21H2,1-2H3,(H,43,44);8H,1-3H2,(H,6,7). The molecule has 0 spiro atoms. The molecule has 8 rings (SSSR count). The fourth-order valence-electron chi connectivity index (χ4n) is 8.43. The minimum atomic E-state index is -1.36. The van der Waals surface area contributed by atoms with Crippen molar-refractivity contribution in [2.75, 3.05) is 13.1 Å². The Labute approximate surface area is 320 Å². The van der Waals surface area contributed by atoms with E-state index in [1.807, 2.05) is 30.0 Å². The number of aryl methyl sites for hydroxylation is 2. The molecule has 4 aromatic rings. The number of pyridine rings is 1. The predicted octanol–water partition coefficient (Wildman–Crippen LogP) is 6.43. The summed E-state index contributed by atoms with van der Waals surface area (Å²) in [6.45, 7) is 5.47. The summed E-state index contributed by atoms with van der Waals surface area (Å²) in [5.41, 5.74) is 5.13. The van der Waals surface area contributed by atoms with Gasteiger partial charge in [0.1, 0.15) is 23.0 Å². The lowest BCUT2D eigenvalue weighted by atomic mass is 9.78. The monoisotopic (exact) mass is 750 g/mol. The van der Waals surface area contributed by atoms with Crippen LogP contribution in [0.15, 0.2) is 60.8 Å². The van der Waals surface area contributed by atoms with E-state index in [9.17, 15) is 24.6 Å². The summed E-state index contributed by atoms with van der Waals surface area (Å²) in [5, 5.41) is 41.7. The van der Waals surface area contributed by atoms with E-state index in [1.165, 1.54) is 22.9 Å². The molecular weight excluding hydrogens is 700 g/mol. The zero-order valence-electron chi connectivity index (χ0n) is 31.5. The summed E-state index contributed by atoms with van der Waals surface area (Å²) in [4.78, 5) is 41.5. The number of aliphatic carboxylic acids is 1. The van der Waals surface area contributed by atoms with Gasteiger partial charge in [-0.1, -0.05) is 44.2 Å². The smallest absolute Gasteiger partial charge is 0.339 e. The minimum absolute atomic E-state index is 0.0841. The Morgan fingerprint density at radius 2 is 1.58 bits per heavy atom. The molecule has 1 aliphatic heterocycles. The van der Waals surface area contributed by atoms with E-state index < -0.39 is 23.1 Å². The van der Waals surface area contributed by atoms with Gasteiger partial charge in [0.15, 0.2) is 11.4 Å². The van der Waals surface area contributed by atoms with Crippen molar-refractivity contribution in [3.05, 3.63) is 94.3 Å². The lowest BCUT2D eigenvalue weighted by Crippen LogP contribution is -2.54. The maximum absolute atomic E-state index is 12.8. The topological polar surface area (TPSA) is 175 Å². The number of carboxylic acid groups (broad SMARTS) is 2. The third-order valence-electron chi connectivity index (χ3n) is 12.0. The van der Waals surface area contributed by atoms with E-state index in [-0.39, 0.29) is 17.6 Å². The molecule has 290 valence electrons. The predicted molar refractivity (Wildman–Crippen MR) is 204 cm³/mol. The number of fused-ring (bicyclic) bond motifs is 1. The largest absolute Gasteiger partial charge is 0.486 e. The van der Waals surface area contributed by atoms with Crippen molar-refractivity contribution in [1.82, 2.24) is 19.7 Å². The summed E-state index contributed by atoms with van der Waals surface area (Å²) < 4.78 is 8.37. The van der Waals surface area contributed by atoms with Crippen LogP contribution < -0.4 is 4.74 Å². The number of hydrogen-bond donors (Lipinski definition) is 4. The third kappa shape index (κ3) is 7.49. The quantitative estimate of drug-likeness (QED) is 0.141. The highest BCUT2D eigenvalue weighted by molar-refractivity contribution is 5.89. The first-order valence-electron chi connectivity index (χ1n) is 19.6. The number of carboxylic acids is 2. The maximum Gasteiger partial charge on any atom is 0.339 e. The van der Waals surface area contributed by atoms with E-state index in [0.29, 0.717) is 62.6 Å². The molecule has 55 heavy (non-hydrogen) atoms. The van der Waals surface area contributed by atoms with Crippen molar-refractivity contribution in [3.63, 3.8) is 0 Å². The van der Waals surface area contributed by atoms with Gasteiger partial charge in [-0.2, -0.15) is 5.10 Å². The number of aliphatic hydroxyl groups is 2. The lowest BCUT2D eigenvalue weighted by Gasteiger charge is -2.42. The van der Waals surface area contributed by atoms with Crippen LogP contribution in [0.3, 0.4) is 0 Å². The highest BCUT2D eigenvalue weighted by atomic mass is 16.5. The molecular formula is C43H50N4O8. The van der Waals surface area contributed by atoms with Gasteiger partial charge in [0, 0.05) is 24.2 Å². The van der Waals surface area contributed by atoms with Gasteiger partial charge < -0.3 is 30.1 Å². The van der Waals surface area contributed by atoms with Crippen LogP contribution in [-0.4, -0.2) is 82.2 Å². The number of benzene rings is 2. The fourth-order valence-corrected chi connectivity index (χ4v) is 8.43. The van der Waals surface area contributed by atoms with Gasteiger partial charge in [0.2, 0.25) is 0 Å². The number of rotatable bonds is 10. The molecule has 3 aliphatic carbocycles. The second kappa shape index (κ2) is 15.6. The minimum Gasteiger partial charge on any atom is -0.486 e. The van der Waals surface area contributed by atoms with Crippen LogP contribution in [-0.2, 0) is 28.9 Å². The molecule has 1 atom stereocenters. The van der Waals surface area contributed by atoms with Gasteiger partial charge in [-0.25, -0.2) is 19.3 Å². The van der Waals surface area contributed by atoms with Crippen molar-refractivity contribution in [1.29, 1.82) is 0 Å². The van der Waals surface area contributed by atoms with Gasteiger partial charge in [0.05, 0.1) is 17.6 Å². The normalized spacial score (nSPS) is 19.6. The number of carbonyl (C=O) groups excluding carboxylic acids is 1. The van der Waals surface area contributed by atoms with E-state index in [4.69, 9.17) is 19.9 Å². The first-order valence-corrected chi connectivity index (χ1v) is 19.6. The molecule has 12 heteroatoms. The molecule has 3 heterocycles. The molecule has 1 unspecified atom stereocenters. The molecule has 2 aromatic carbocycles. The summed E-state index contributed by atoms with van der Waals surface area (Å²) in [6, 6.07) is 18.6. The zero-order chi connectivity index (χ0) is 38.9. The van der Waals surface area contributed by atoms with E-state index in [2.05, 4.69) is 48.4 Å². The van der Waals surface area contributed by atoms with Crippen LogP contribution >= 0.6 is 0 Å². The van der Waals surface area contributed by atoms with Crippen molar-refractivity contribution in [2.45, 2.75) is 114 Å². The molecule has 4 aliphatic rings. The summed E-state index contributed by atoms with van der Waals surface area (Å²) in [5.74, 6) is -0.345. The average Bonchev–Trinajstić information content (AvgIpc) is 3.80. The zero-order valence-corrected chi connectivity index (χ0v) is 31.5. The van der Waals surface area contributed by atoms with Crippen LogP contribution in [0, 0.1) is 0 Å². The van der Waals surface area contributed by atoms with Crippen molar-refractivity contribution < 1.29 is 39.5 Å². The van der Waals surface area contributed by atoms with Crippen molar-refractivity contribution >= 4 is 17.8 Å². The lowest BCUT2D eigenvalue weighted by molar-refractivity contribution is -0.167. The number of amides is 1. The van der Waals surface area contributed by atoms with Crippen LogP contribution in [0.2, 0.25) is 0 Å². The highest BCUT2D eigenvalue weighted by Crippen LogP contribution is 2.42. The van der Waals surface area contributed by atoms with Gasteiger partial charge in [0.25, 0.3) is 5.91 Å². The van der Waals surface area contributed by atoms with Crippen LogP contribution in [0.25, 0.3) is 17.1 Å². The summed E-state index contributed by atoms with van der Waals surface area (Å²) in [6.07, 6.45) is 10.0. The molecule has 1 saturated heterocycles. The molecule has 1 amide bonds. The molecule has 2 saturated carbocycles. The average molecular weight is 751 g/mol. The molecule has 0 radical (unpaired) electrons. The van der Waals surface area contributed by atoms with Gasteiger partial charge in [-0.05, 0) is 124 Å². The second-order valence-electron chi connectivity index (χ2n) is 15.3. The SMILES string of the molecule is CCc1cc(OC2CCc3cccc(-c4cccc(-n5ncc(C(=O)O)c5CC)n4)c32)ccc1C1CCN(C(=O)C2(O)CCC2)CC1.O=C(O)C1(O)CCC1. The molecule has 3 fully saturated rings. The number of carbonyl (C=O) groups is 3. The number of ether oxygens (including phenoxy) is 1. The maximum atomic E-state index is 12.8. The first-order chi connectivity index (χ1) is 26.4. The third-order valence-corrected chi connectivity index (χ3v) is 12.0. The Kier molecular flexibility index (Phi) is 10.8.